The zero-order chi connectivity index (χ0) is 18.8. The van der Waals surface area contributed by atoms with E-state index in [0.717, 1.165) is 19.3 Å². The maximum absolute atomic E-state index is 11.3. The first-order valence-electron chi connectivity index (χ1n) is 10.6. The molecule has 0 aliphatic rings. The van der Waals surface area contributed by atoms with Crippen LogP contribution in [0.2, 0.25) is 0 Å². The third kappa shape index (κ3) is 20.2. The molecule has 26 heavy (non-hydrogen) atoms. The molecule has 1 unspecified atom stereocenters. The van der Waals surface area contributed by atoms with Crippen molar-refractivity contribution in [3.8, 4) is 0 Å². The van der Waals surface area contributed by atoms with Gasteiger partial charge in [0.2, 0.25) is 0 Å². The second-order valence-corrected chi connectivity index (χ2v) is 9.02. The molecule has 6 heteroatoms. The Labute approximate surface area is 205 Å². The molecule has 0 heterocycles. The van der Waals surface area contributed by atoms with Crippen LogP contribution in [0.15, 0.2) is 0 Å². The minimum Gasteiger partial charge on any atom is -0.748 e. The van der Waals surface area contributed by atoms with Crippen LogP contribution in [0.5, 0.6) is 0 Å². The van der Waals surface area contributed by atoms with Crippen molar-refractivity contribution < 1.29 is 69.5 Å². The largest absolute Gasteiger partial charge is 1.00 e. The van der Waals surface area contributed by atoms with Crippen LogP contribution in [0.25, 0.3) is 0 Å². The van der Waals surface area contributed by atoms with Crippen LogP contribution in [0.4, 0.5) is 0 Å². The van der Waals surface area contributed by atoms with Gasteiger partial charge in [0.15, 0.2) is 0 Å². The number of unbranched alkanes of at least 4 members (excludes halogenated alkanes) is 13. The number of hydrogen-bond donors (Lipinski definition) is 1. The molecule has 0 saturated heterocycles. The number of hydrogen-bond acceptors (Lipinski definition) is 4. The molecule has 0 aromatic rings. The molecule has 0 rings (SSSR count). The van der Waals surface area contributed by atoms with Crippen LogP contribution in [0, 0.1) is 0 Å². The molecule has 0 fully saturated rings. The van der Waals surface area contributed by atoms with Gasteiger partial charge in [-0.05, 0) is 25.7 Å². The van der Waals surface area contributed by atoms with E-state index in [1.54, 1.807) is 0 Å². The molecule has 0 bridgehead atoms. The first-order chi connectivity index (χ1) is 12.0. The summed E-state index contributed by atoms with van der Waals surface area (Å²) in [7, 11) is -4.19. The quantitative estimate of drug-likeness (QED) is 0.199. The van der Waals surface area contributed by atoms with Crippen molar-refractivity contribution in [3.63, 3.8) is 0 Å². The fourth-order valence-electron chi connectivity index (χ4n) is 3.31. The molecule has 0 saturated carbocycles. The van der Waals surface area contributed by atoms with E-state index in [1.165, 1.54) is 64.2 Å². The van der Waals surface area contributed by atoms with Gasteiger partial charge in [0.1, 0.15) is 0 Å². The van der Waals surface area contributed by atoms with E-state index in [2.05, 4.69) is 6.92 Å². The van der Waals surface area contributed by atoms with Crippen molar-refractivity contribution >= 4 is 10.1 Å². The zero-order valence-corrected chi connectivity index (χ0v) is 21.3. The molecule has 0 aromatic heterocycles. The van der Waals surface area contributed by atoms with Gasteiger partial charge in [0, 0.05) is 11.9 Å². The van der Waals surface area contributed by atoms with Crippen LogP contribution in [-0.4, -0.2) is 29.9 Å². The SMILES string of the molecule is CCCCCCCCCCCCCCCC(CCCCO)S(=O)(=O)[O-].[K+]. The van der Waals surface area contributed by atoms with Gasteiger partial charge in [0.25, 0.3) is 0 Å². The standard InChI is InChI=1S/C20H42O4S.K/c1-2-3-4-5-6-7-8-9-10-11-12-13-14-17-20(25(22,23)24)18-15-16-19-21;/h20-21H,2-19H2,1H3,(H,22,23,24);/q;+1/p-1. The van der Waals surface area contributed by atoms with Crippen LogP contribution >= 0.6 is 0 Å². The van der Waals surface area contributed by atoms with E-state index < -0.39 is 15.4 Å². The second-order valence-electron chi connectivity index (χ2n) is 7.37. The molecule has 0 radical (unpaired) electrons. The zero-order valence-electron chi connectivity index (χ0n) is 17.4. The Kier molecular flexibility index (Phi) is 24.2. The third-order valence-corrected chi connectivity index (χ3v) is 6.26. The molecule has 0 aliphatic heterocycles. The summed E-state index contributed by atoms with van der Waals surface area (Å²) < 4.78 is 33.8. The monoisotopic (exact) mass is 416 g/mol. The summed E-state index contributed by atoms with van der Waals surface area (Å²) >= 11 is 0. The van der Waals surface area contributed by atoms with E-state index in [4.69, 9.17) is 5.11 Å². The van der Waals surface area contributed by atoms with Gasteiger partial charge in [-0.2, -0.15) is 0 Å². The summed E-state index contributed by atoms with van der Waals surface area (Å²) in [6.07, 6.45) is 18.4. The Morgan fingerprint density at radius 2 is 1.04 bits per heavy atom. The molecule has 0 aliphatic carbocycles. The smallest absolute Gasteiger partial charge is 0.748 e. The summed E-state index contributed by atoms with van der Waals surface area (Å²) in [4.78, 5) is 0. The maximum Gasteiger partial charge on any atom is 1.00 e. The van der Waals surface area contributed by atoms with Crippen molar-refractivity contribution in [2.24, 2.45) is 0 Å². The predicted molar refractivity (Wildman–Crippen MR) is 105 cm³/mol. The molecule has 1 atom stereocenters. The molecule has 152 valence electrons. The van der Waals surface area contributed by atoms with Gasteiger partial charge in [0.05, 0.1) is 10.1 Å². The average molecular weight is 417 g/mol. The summed E-state index contributed by atoms with van der Waals surface area (Å²) in [5.41, 5.74) is 0. The van der Waals surface area contributed by atoms with Crippen molar-refractivity contribution in [1.29, 1.82) is 0 Å². The van der Waals surface area contributed by atoms with E-state index in [-0.39, 0.29) is 58.0 Å². The first-order valence-corrected chi connectivity index (χ1v) is 12.0. The molecular weight excluding hydrogens is 375 g/mol. The topological polar surface area (TPSA) is 77.4 Å². The average Bonchev–Trinajstić information content (AvgIpc) is 2.56. The minimum absolute atomic E-state index is 0. The van der Waals surface area contributed by atoms with Gasteiger partial charge < -0.3 is 9.66 Å². The van der Waals surface area contributed by atoms with Gasteiger partial charge in [-0.15, -0.1) is 0 Å². The molecular formula is C20H41KO4S. The molecule has 4 nitrogen and oxygen atoms in total. The normalized spacial score (nSPS) is 12.7. The predicted octanol–water partition coefficient (Wildman–Crippen LogP) is 2.55. The number of aliphatic hydroxyl groups excluding tert-OH is 1. The summed E-state index contributed by atoms with van der Waals surface area (Å²) in [5.74, 6) is 0. The van der Waals surface area contributed by atoms with Crippen LogP contribution in [0.3, 0.4) is 0 Å². The summed E-state index contributed by atoms with van der Waals surface area (Å²) in [5, 5.41) is 8.00. The van der Waals surface area contributed by atoms with Crippen molar-refractivity contribution in [2.45, 2.75) is 121 Å². The molecule has 0 aromatic carbocycles. The Hall–Kier alpha value is 1.51. The van der Waals surface area contributed by atoms with E-state index in [1.807, 2.05) is 0 Å². The van der Waals surface area contributed by atoms with E-state index in [0.29, 0.717) is 25.7 Å². The van der Waals surface area contributed by atoms with Gasteiger partial charge >= 0.3 is 51.4 Å². The van der Waals surface area contributed by atoms with E-state index in [9.17, 15) is 13.0 Å². The van der Waals surface area contributed by atoms with E-state index >= 15 is 0 Å². The Bertz CT molecular complexity index is 374. The first kappa shape index (κ1) is 29.7. The Morgan fingerprint density at radius 1 is 0.692 bits per heavy atom. The fraction of sp³-hybridized carbons (Fsp3) is 1.00. The molecule has 1 N–H and O–H groups in total. The van der Waals surface area contributed by atoms with Crippen molar-refractivity contribution in [1.82, 2.24) is 0 Å². The van der Waals surface area contributed by atoms with Gasteiger partial charge in [-0.3, -0.25) is 0 Å². The van der Waals surface area contributed by atoms with Gasteiger partial charge in [-0.1, -0.05) is 90.4 Å². The molecule has 0 spiro atoms. The number of rotatable bonds is 19. The maximum atomic E-state index is 11.3. The van der Waals surface area contributed by atoms with Crippen LogP contribution in [-0.2, 0) is 10.1 Å². The van der Waals surface area contributed by atoms with Crippen LogP contribution in [0.1, 0.15) is 116 Å². The van der Waals surface area contributed by atoms with Crippen LogP contribution < -0.4 is 51.4 Å². The Balaban J connectivity index is 0. The van der Waals surface area contributed by atoms with Crippen molar-refractivity contribution in [3.05, 3.63) is 0 Å². The second kappa shape index (κ2) is 21.2. The van der Waals surface area contributed by atoms with Crippen molar-refractivity contribution in [2.75, 3.05) is 6.61 Å². The minimum atomic E-state index is -4.19. The molecule has 0 amide bonds. The third-order valence-electron chi connectivity index (χ3n) is 4.97. The summed E-state index contributed by atoms with van der Waals surface area (Å²) in [6, 6.07) is 0. The summed E-state index contributed by atoms with van der Waals surface area (Å²) in [6.45, 7) is 2.31. The fourth-order valence-corrected chi connectivity index (χ4v) is 4.22. The van der Waals surface area contributed by atoms with Gasteiger partial charge in [-0.25, -0.2) is 8.42 Å². The number of aliphatic hydroxyl groups is 1. The Morgan fingerprint density at radius 3 is 1.38 bits per heavy atom.